The SMILES string of the molecule is CCCCCC(=O)OC1CC(OC(C)=O)[C@]2(C)C(OC(=O)CCC)CCC(C)=CC=C(C(C)C(=O)OC)C(=O)C2C1C. The highest BCUT2D eigenvalue weighted by molar-refractivity contribution is 6.03. The van der Waals surface area contributed by atoms with Crippen LogP contribution in [-0.4, -0.2) is 55.1 Å². The average Bonchev–Trinajstić information content (AvgIpc) is 2.92. The molecule has 236 valence electrons. The third kappa shape index (κ3) is 8.54. The Balaban J connectivity index is 2.75. The van der Waals surface area contributed by atoms with E-state index < -0.39 is 59.4 Å². The van der Waals surface area contributed by atoms with Gasteiger partial charge in [-0.2, -0.15) is 0 Å². The molecule has 0 aliphatic heterocycles. The minimum atomic E-state index is -1.18. The fraction of sp³-hybridized carbons (Fsp3) is 0.727. The van der Waals surface area contributed by atoms with E-state index in [9.17, 15) is 24.0 Å². The van der Waals surface area contributed by atoms with E-state index in [2.05, 4.69) is 0 Å². The van der Waals surface area contributed by atoms with Gasteiger partial charge in [-0.15, -0.1) is 0 Å². The molecule has 0 aromatic carbocycles. The molecule has 6 unspecified atom stereocenters. The number of carbonyl (C=O) groups is 5. The summed E-state index contributed by atoms with van der Waals surface area (Å²) < 4.78 is 23.0. The lowest BCUT2D eigenvalue weighted by atomic mass is 9.54. The molecule has 0 bridgehead atoms. The van der Waals surface area contributed by atoms with Gasteiger partial charge in [0.2, 0.25) is 0 Å². The topological polar surface area (TPSA) is 122 Å². The lowest BCUT2D eigenvalue weighted by Crippen LogP contribution is -2.62. The van der Waals surface area contributed by atoms with Crippen LogP contribution in [0.5, 0.6) is 0 Å². The summed E-state index contributed by atoms with van der Waals surface area (Å²) in [7, 11) is 1.27. The fourth-order valence-corrected chi connectivity index (χ4v) is 6.38. The van der Waals surface area contributed by atoms with Crippen molar-refractivity contribution in [1.29, 1.82) is 0 Å². The first kappa shape index (κ1) is 35.2. The summed E-state index contributed by atoms with van der Waals surface area (Å²) in [4.78, 5) is 65.6. The molecule has 0 heterocycles. The number of methoxy groups -OCH3 is 1. The van der Waals surface area contributed by atoms with Gasteiger partial charge in [0.05, 0.1) is 18.4 Å². The lowest BCUT2D eigenvalue weighted by Gasteiger charge is -2.54. The molecule has 0 amide bonds. The van der Waals surface area contributed by atoms with Crippen LogP contribution in [0.25, 0.3) is 0 Å². The summed E-state index contributed by atoms with van der Waals surface area (Å²) in [6.45, 7) is 12.4. The van der Waals surface area contributed by atoms with Crippen LogP contribution < -0.4 is 0 Å². The number of rotatable bonds is 11. The number of esters is 4. The van der Waals surface area contributed by atoms with Gasteiger partial charge in [-0.05, 0) is 39.5 Å². The molecule has 7 atom stereocenters. The Kier molecular flexibility index (Phi) is 13.4. The minimum Gasteiger partial charge on any atom is -0.469 e. The molecular formula is C33H50O9. The molecule has 42 heavy (non-hydrogen) atoms. The molecule has 2 aliphatic carbocycles. The molecule has 2 rings (SSSR count). The molecule has 9 nitrogen and oxygen atoms in total. The van der Waals surface area contributed by atoms with Crippen LogP contribution in [0.3, 0.4) is 0 Å². The summed E-state index contributed by atoms with van der Waals surface area (Å²) in [5.41, 5.74) is -0.00693. The van der Waals surface area contributed by atoms with Gasteiger partial charge in [0.1, 0.15) is 18.3 Å². The van der Waals surface area contributed by atoms with E-state index >= 15 is 0 Å². The van der Waals surface area contributed by atoms with Crippen LogP contribution in [0, 0.1) is 23.2 Å². The largest absolute Gasteiger partial charge is 0.469 e. The minimum absolute atomic E-state index is 0.156. The van der Waals surface area contributed by atoms with Crippen molar-refractivity contribution in [2.45, 2.75) is 125 Å². The van der Waals surface area contributed by atoms with E-state index in [0.717, 1.165) is 18.4 Å². The van der Waals surface area contributed by atoms with Crippen LogP contribution in [0.2, 0.25) is 0 Å². The quantitative estimate of drug-likeness (QED) is 0.166. The summed E-state index contributed by atoms with van der Waals surface area (Å²) >= 11 is 0. The van der Waals surface area contributed by atoms with Crippen molar-refractivity contribution in [3.63, 3.8) is 0 Å². The van der Waals surface area contributed by atoms with Gasteiger partial charge >= 0.3 is 23.9 Å². The van der Waals surface area contributed by atoms with Crippen LogP contribution in [0.4, 0.5) is 0 Å². The average molecular weight is 591 g/mol. The standard InChI is InChI=1S/C33H50O9/c1-9-11-12-14-29(36)41-25-19-27(40-23(6)34)33(7)26(42-28(35)13-10-2)18-16-20(3)15-17-24(21(4)32(38)39-8)31(37)30(33)22(25)5/h15,17,21-22,25-27,30H,9-14,16,18-19H2,1-8H3/t21?,22?,25?,26?,27?,30?,33-/m0/s1. The molecule has 9 heteroatoms. The van der Waals surface area contributed by atoms with E-state index in [1.165, 1.54) is 14.0 Å². The summed E-state index contributed by atoms with van der Waals surface area (Å²) in [6, 6.07) is 0. The first-order valence-electron chi connectivity index (χ1n) is 15.4. The zero-order chi connectivity index (χ0) is 31.6. The Morgan fingerprint density at radius 2 is 1.64 bits per heavy atom. The van der Waals surface area contributed by atoms with Crippen molar-refractivity contribution < 1.29 is 42.9 Å². The number of allylic oxidation sites excluding steroid dienone is 3. The Morgan fingerprint density at radius 3 is 2.24 bits per heavy atom. The van der Waals surface area contributed by atoms with Crippen LogP contribution in [0.15, 0.2) is 23.3 Å². The van der Waals surface area contributed by atoms with E-state index in [0.29, 0.717) is 25.7 Å². The van der Waals surface area contributed by atoms with E-state index in [4.69, 9.17) is 18.9 Å². The summed E-state index contributed by atoms with van der Waals surface area (Å²) in [6.07, 6.45) is 5.75. The number of Topliss-reactive ketones (excluding diaryl/α,β-unsaturated/α-hetero) is 1. The van der Waals surface area contributed by atoms with Crippen molar-refractivity contribution >= 4 is 29.7 Å². The maximum Gasteiger partial charge on any atom is 0.312 e. The van der Waals surface area contributed by atoms with Gasteiger partial charge in [-0.1, -0.05) is 58.3 Å². The normalized spacial score (nSPS) is 28.8. The second kappa shape index (κ2) is 16.0. The van der Waals surface area contributed by atoms with Crippen LogP contribution >= 0.6 is 0 Å². The van der Waals surface area contributed by atoms with Crippen molar-refractivity contribution in [2.75, 3.05) is 7.11 Å². The van der Waals surface area contributed by atoms with E-state index in [-0.39, 0.29) is 36.6 Å². The first-order chi connectivity index (χ1) is 19.8. The zero-order valence-corrected chi connectivity index (χ0v) is 26.7. The Hall–Kier alpha value is -2.97. The molecule has 0 aromatic rings. The monoisotopic (exact) mass is 590 g/mol. The maximum absolute atomic E-state index is 14.7. The van der Waals surface area contributed by atoms with Gasteiger partial charge in [0.15, 0.2) is 5.78 Å². The molecule has 1 fully saturated rings. The van der Waals surface area contributed by atoms with Crippen molar-refractivity contribution in [1.82, 2.24) is 0 Å². The molecule has 0 aromatic heterocycles. The van der Waals surface area contributed by atoms with Crippen LogP contribution in [-0.2, 0) is 42.9 Å². The number of ether oxygens (including phenoxy) is 4. The summed E-state index contributed by atoms with van der Waals surface area (Å²) in [5, 5.41) is 0. The van der Waals surface area contributed by atoms with Gasteiger partial charge in [-0.3, -0.25) is 24.0 Å². The molecule has 1 saturated carbocycles. The number of hydrogen-bond acceptors (Lipinski definition) is 9. The van der Waals surface area contributed by atoms with E-state index in [1.54, 1.807) is 13.0 Å². The Morgan fingerprint density at radius 1 is 0.976 bits per heavy atom. The molecule has 0 radical (unpaired) electrons. The second-order valence-electron chi connectivity index (χ2n) is 12.0. The van der Waals surface area contributed by atoms with E-state index in [1.807, 2.05) is 40.7 Å². The molecule has 2 aliphatic rings. The maximum atomic E-state index is 14.7. The molecular weight excluding hydrogens is 540 g/mol. The van der Waals surface area contributed by atoms with Crippen molar-refractivity contribution in [3.05, 3.63) is 23.3 Å². The summed E-state index contributed by atoms with van der Waals surface area (Å²) in [5.74, 6) is -4.57. The van der Waals surface area contributed by atoms with Gasteiger partial charge in [-0.25, -0.2) is 0 Å². The highest BCUT2D eigenvalue weighted by atomic mass is 16.6. The predicted octanol–water partition coefficient (Wildman–Crippen LogP) is 5.83. The second-order valence-corrected chi connectivity index (χ2v) is 12.0. The first-order valence-corrected chi connectivity index (χ1v) is 15.4. The number of fused-ring (bicyclic) bond motifs is 1. The van der Waals surface area contributed by atoms with Gasteiger partial charge < -0.3 is 18.9 Å². The number of ketones is 1. The van der Waals surface area contributed by atoms with Crippen LogP contribution in [0.1, 0.15) is 106 Å². The molecule has 0 N–H and O–H groups in total. The van der Waals surface area contributed by atoms with Gasteiger partial charge in [0.25, 0.3) is 0 Å². The highest BCUT2D eigenvalue weighted by Crippen LogP contribution is 2.53. The number of hydrogen-bond donors (Lipinski definition) is 0. The number of carbonyl (C=O) groups excluding carboxylic acids is 5. The molecule has 0 spiro atoms. The molecule has 0 saturated heterocycles. The fourth-order valence-electron chi connectivity index (χ4n) is 6.38. The smallest absolute Gasteiger partial charge is 0.312 e. The predicted molar refractivity (Wildman–Crippen MR) is 157 cm³/mol. The zero-order valence-electron chi connectivity index (χ0n) is 26.7. The third-order valence-electron chi connectivity index (χ3n) is 8.86. The van der Waals surface area contributed by atoms with Crippen molar-refractivity contribution in [2.24, 2.45) is 23.2 Å². The third-order valence-corrected chi connectivity index (χ3v) is 8.86. The highest BCUT2D eigenvalue weighted by Gasteiger charge is 2.61. The lowest BCUT2D eigenvalue weighted by molar-refractivity contribution is -0.210. The number of unbranched alkanes of at least 4 members (excludes halogenated alkanes) is 2. The Labute approximate surface area is 250 Å². The van der Waals surface area contributed by atoms with Gasteiger partial charge in [0, 0.05) is 43.6 Å². The van der Waals surface area contributed by atoms with Crippen molar-refractivity contribution in [3.8, 4) is 0 Å². The Bertz CT molecular complexity index is 1060.